The van der Waals surface area contributed by atoms with Crippen LogP contribution in [0.5, 0.6) is 0 Å². The van der Waals surface area contributed by atoms with Gasteiger partial charge in [0, 0.05) is 19.7 Å². The van der Waals surface area contributed by atoms with E-state index in [2.05, 4.69) is 0 Å². The van der Waals surface area contributed by atoms with Gasteiger partial charge in [-0.2, -0.15) is 0 Å². The van der Waals surface area contributed by atoms with Crippen molar-refractivity contribution in [2.45, 2.75) is 58.3 Å². The molecule has 7 heteroatoms. The van der Waals surface area contributed by atoms with E-state index in [9.17, 15) is 14.4 Å². The van der Waals surface area contributed by atoms with Crippen molar-refractivity contribution in [3.05, 3.63) is 47.0 Å². The maximum absolute atomic E-state index is 12.8. The van der Waals surface area contributed by atoms with Crippen LogP contribution in [-0.4, -0.2) is 41.3 Å². The SMILES string of the molecule is CC(=C\CC1CCCCC1)/C(C(=O)C(N)=O)=C1/C(OCCCC(=O)O)=CC=CN1C. The van der Waals surface area contributed by atoms with Crippen molar-refractivity contribution < 1.29 is 24.2 Å². The van der Waals surface area contributed by atoms with Gasteiger partial charge in [-0.05, 0) is 43.4 Å². The molecule has 3 N–H and O–H groups in total. The highest BCUT2D eigenvalue weighted by atomic mass is 16.5. The number of ether oxygens (including phenoxy) is 1. The molecule has 1 saturated carbocycles. The lowest BCUT2D eigenvalue weighted by atomic mass is 9.86. The van der Waals surface area contributed by atoms with Gasteiger partial charge in [0.1, 0.15) is 5.76 Å². The molecule has 164 valence electrons. The Morgan fingerprint density at radius 1 is 1.27 bits per heavy atom. The van der Waals surface area contributed by atoms with Gasteiger partial charge in [-0.15, -0.1) is 0 Å². The summed E-state index contributed by atoms with van der Waals surface area (Å²) in [5.41, 5.74) is 6.75. The standard InChI is InChI=1S/C23H32N2O5/c1-16(12-13-17-8-4-3-5-9-17)20(22(28)23(24)29)21-18(10-6-14-25(21)2)30-15-7-11-19(26)27/h6,10,12,14,17H,3-5,7-9,11,13,15H2,1-2H3,(H2,24,29)(H,26,27)/b16-12+,21-20+. The number of carbonyl (C=O) groups is 3. The fourth-order valence-electron chi connectivity index (χ4n) is 3.87. The van der Waals surface area contributed by atoms with Gasteiger partial charge < -0.3 is 20.5 Å². The van der Waals surface area contributed by atoms with E-state index in [1.165, 1.54) is 32.1 Å². The highest BCUT2D eigenvalue weighted by molar-refractivity contribution is 6.43. The first kappa shape index (κ1) is 23.4. The minimum absolute atomic E-state index is 0.00853. The molecule has 0 radical (unpaired) electrons. The highest BCUT2D eigenvalue weighted by Gasteiger charge is 2.27. The van der Waals surface area contributed by atoms with Crippen LogP contribution in [0.3, 0.4) is 0 Å². The Morgan fingerprint density at radius 2 is 1.97 bits per heavy atom. The number of carboxylic acids is 1. The molecule has 30 heavy (non-hydrogen) atoms. The lowest BCUT2D eigenvalue weighted by Gasteiger charge is -2.27. The molecule has 0 saturated heterocycles. The summed E-state index contributed by atoms with van der Waals surface area (Å²) < 4.78 is 5.79. The summed E-state index contributed by atoms with van der Waals surface area (Å²) in [7, 11) is 1.77. The Hall–Kier alpha value is -2.83. The number of hydrogen-bond acceptors (Lipinski definition) is 5. The molecular formula is C23H32N2O5. The third kappa shape index (κ3) is 6.61. The third-order valence-electron chi connectivity index (χ3n) is 5.50. The second kappa shape index (κ2) is 11.4. The summed E-state index contributed by atoms with van der Waals surface area (Å²) in [5, 5.41) is 8.80. The molecule has 0 bridgehead atoms. The van der Waals surface area contributed by atoms with Crippen molar-refractivity contribution in [1.29, 1.82) is 0 Å². The molecule has 0 aromatic heterocycles. The van der Waals surface area contributed by atoms with E-state index in [0.717, 1.165) is 6.42 Å². The first-order valence-electron chi connectivity index (χ1n) is 10.5. The van der Waals surface area contributed by atoms with Gasteiger partial charge in [-0.1, -0.05) is 38.2 Å². The van der Waals surface area contributed by atoms with Crippen LogP contribution in [-0.2, 0) is 19.1 Å². The number of primary amides is 1. The first-order valence-corrected chi connectivity index (χ1v) is 10.5. The maximum Gasteiger partial charge on any atom is 0.303 e. The number of aliphatic carboxylic acids is 1. The van der Waals surface area contributed by atoms with E-state index in [0.29, 0.717) is 29.4 Å². The number of carbonyl (C=O) groups excluding carboxylic acids is 2. The molecular weight excluding hydrogens is 384 g/mol. The first-order chi connectivity index (χ1) is 14.3. The van der Waals surface area contributed by atoms with Crippen LogP contribution in [0.4, 0.5) is 0 Å². The molecule has 0 aromatic rings. The molecule has 0 unspecified atom stereocenters. The van der Waals surface area contributed by atoms with Crippen LogP contribution in [0.2, 0.25) is 0 Å². The molecule has 1 heterocycles. The molecule has 1 fully saturated rings. The van der Waals surface area contributed by atoms with Crippen molar-refractivity contribution in [3.8, 4) is 0 Å². The van der Waals surface area contributed by atoms with E-state index in [4.69, 9.17) is 15.6 Å². The van der Waals surface area contributed by atoms with Gasteiger partial charge in [0.25, 0.3) is 11.7 Å². The second-order valence-corrected chi connectivity index (χ2v) is 7.87. The van der Waals surface area contributed by atoms with E-state index in [1.807, 2.05) is 13.0 Å². The van der Waals surface area contributed by atoms with Crippen LogP contribution in [0.1, 0.15) is 58.3 Å². The van der Waals surface area contributed by atoms with Gasteiger partial charge in [-0.25, -0.2) is 0 Å². The number of nitrogens with zero attached hydrogens (tertiary/aromatic N) is 1. The average Bonchev–Trinajstić information content (AvgIpc) is 2.72. The van der Waals surface area contributed by atoms with Crippen molar-refractivity contribution in [2.75, 3.05) is 13.7 Å². The number of carboxylic acid groups (broad SMARTS) is 1. The molecule has 1 aliphatic heterocycles. The topological polar surface area (TPSA) is 110 Å². The van der Waals surface area contributed by atoms with E-state index in [1.54, 1.807) is 30.3 Å². The normalized spacial score (nSPS) is 19.3. The lowest BCUT2D eigenvalue weighted by Crippen LogP contribution is -2.30. The average molecular weight is 417 g/mol. The van der Waals surface area contributed by atoms with Gasteiger partial charge >= 0.3 is 5.97 Å². The number of amides is 1. The smallest absolute Gasteiger partial charge is 0.303 e. The van der Waals surface area contributed by atoms with Gasteiger partial charge in [0.15, 0.2) is 0 Å². The van der Waals surface area contributed by atoms with Crippen molar-refractivity contribution in [3.63, 3.8) is 0 Å². The number of nitrogens with two attached hydrogens (primary N) is 1. The van der Waals surface area contributed by atoms with Crippen LogP contribution < -0.4 is 5.73 Å². The summed E-state index contributed by atoms with van der Waals surface area (Å²) in [6, 6.07) is 0. The Morgan fingerprint density at radius 3 is 2.60 bits per heavy atom. The van der Waals surface area contributed by atoms with Crippen molar-refractivity contribution in [2.24, 2.45) is 11.7 Å². The van der Waals surface area contributed by atoms with E-state index >= 15 is 0 Å². The largest absolute Gasteiger partial charge is 0.491 e. The minimum Gasteiger partial charge on any atom is -0.491 e. The summed E-state index contributed by atoms with van der Waals surface area (Å²) in [6.07, 6.45) is 14.5. The zero-order valence-corrected chi connectivity index (χ0v) is 17.9. The van der Waals surface area contributed by atoms with E-state index < -0.39 is 17.7 Å². The number of hydrogen-bond donors (Lipinski definition) is 2. The molecule has 2 aliphatic rings. The summed E-state index contributed by atoms with van der Waals surface area (Å²) in [6.45, 7) is 2.01. The number of allylic oxidation sites excluding steroid dienone is 4. The maximum atomic E-state index is 12.8. The Kier molecular flexibility index (Phi) is 8.89. The number of Topliss-reactive ketones (excluding diaryl/α,β-unsaturated/α-hetero) is 1. The van der Waals surface area contributed by atoms with Crippen LogP contribution in [0.15, 0.2) is 47.0 Å². The zero-order chi connectivity index (χ0) is 22.1. The fraction of sp³-hybridized carbons (Fsp3) is 0.522. The monoisotopic (exact) mass is 416 g/mol. The molecule has 0 spiro atoms. The molecule has 7 nitrogen and oxygen atoms in total. The second-order valence-electron chi connectivity index (χ2n) is 7.87. The van der Waals surface area contributed by atoms with Crippen molar-refractivity contribution in [1.82, 2.24) is 4.90 Å². The number of rotatable bonds is 10. The molecule has 1 aliphatic carbocycles. The predicted octanol–water partition coefficient (Wildman–Crippen LogP) is 3.44. The third-order valence-corrected chi connectivity index (χ3v) is 5.50. The zero-order valence-electron chi connectivity index (χ0n) is 17.9. The van der Waals surface area contributed by atoms with Gasteiger partial charge in [0.05, 0.1) is 17.9 Å². The minimum atomic E-state index is -1.02. The number of ketones is 1. The van der Waals surface area contributed by atoms with Gasteiger partial charge in [-0.3, -0.25) is 14.4 Å². The fourth-order valence-corrected chi connectivity index (χ4v) is 3.87. The van der Waals surface area contributed by atoms with Gasteiger partial charge in [0.2, 0.25) is 0 Å². The van der Waals surface area contributed by atoms with Crippen LogP contribution in [0, 0.1) is 5.92 Å². The highest BCUT2D eigenvalue weighted by Crippen LogP contribution is 2.31. The summed E-state index contributed by atoms with van der Waals surface area (Å²) >= 11 is 0. The molecule has 1 amide bonds. The Bertz CT molecular complexity index is 785. The Labute approximate surface area is 177 Å². The quantitative estimate of drug-likeness (QED) is 0.321. The Balaban J connectivity index is 2.32. The summed E-state index contributed by atoms with van der Waals surface area (Å²) in [5.74, 6) is -1.66. The molecule has 0 aromatic carbocycles. The van der Waals surface area contributed by atoms with Crippen molar-refractivity contribution >= 4 is 17.7 Å². The lowest BCUT2D eigenvalue weighted by molar-refractivity contribution is -0.137. The molecule has 2 rings (SSSR count). The predicted molar refractivity (Wildman–Crippen MR) is 114 cm³/mol. The number of likely N-dealkylation sites (N-methyl/N-ethyl adjacent to an activating group) is 1. The summed E-state index contributed by atoms with van der Waals surface area (Å²) in [4.78, 5) is 37.0. The van der Waals surface area contributed by atoms with Crippen LogP contribution in [0.25, 0.3) is 0 Å². The van der Waals surface area contributed by atoms with Crippen LogP contribution >= 0.6 is 0 Å². The molecule has 0 atom stereocenters. The van der Waals surface area contributed by atoms with E-state index in [-0.39, 0.29) is 18.6 Å².